The lowest BCUT2D eigenvalue weighted by Crippen LogP contribution is -1.92. The van der Waals surface area contributed by atoms with Gasteiger partial charge in [-0.25, -0.2) is 4.39 Å². The second-order valence-corrected chi connectivity index (χ2v) is 5.15. The molecule has 0 saturated heterocycles. The van der Waals surface area contributed by atoms with Gasteiger partial charge in [-0.2, -0.15) is 0 Å². The third kappa shape index (κ3) is 3.12. The van der Waals surface area contributed by atoms with Crippen molar-refractivity contribution < 1.29 is 9.50 Å². The van der Waals surface area contributed by atoms with Crippen LogP contribution < -0.4 is 0 Å². The van der Waals surface area contributed by atoms with Gasteiger partial charge in [0.2, 0.25) is 0 Å². The first-order valence-corrected chi connectivity index (χ1v) is 6.76. The van der Waals surface area contributed by atoms with E-state index in [0.29, 0.717) is 16.2 Å². The van der Waals surface area contributed by atoms with Crippen molar-refractivity contribution in [3.8, 4) is 0 Å². The van der Waals surface area contributed by atoms with Crippen LogP contribution in [0.25, 0.3) is 0 Å². The molecule has 0 aromatic heterocycles. The Bertz CT molecular complexity index is 540. The average Bonchev–Trinajstić information content (AvgIpc) is 2.37. The van der Waals surface area contributed by atoms with Crippen LogP contribution in [0.3, 0.4) is 0 Å². The monoisotopic (exact) mass is 262 g/mol. The highest BCUT2D eigenvalue weighted by molar-refractivity contribution is 7.98. The van der Waals surface area contributed by atoms with Crippen molar-refractivity contribution in [3.05, 3.63) is 65.0 Å². The van der Waals surface area contributed by atoms with E-state index in [1.54, 1.807) is 12.1 Å². The number of hydrogen-bond acceptors (Lipinski definition) is 2. The van der Waals surface area contributed by atoms with Crippen LogP contribution in [0.1, 0.15) is 16.7 Å². The standard InChI is InChI=1S/C15H15FOS/c1-11-4-2-5-12(8-11)10-18-15-13(9-17)6-3-7-14(15)16/h2-8,17H,9-10H2,1H3. The number of benzene rings is 2. The van der Waals surface area contributed by atoms with Crippen LogP contribution in [0, 0.1) is 12.7 Å². The molecule has 18 heavy (non-hydrogen) atoms. The van der Waals surface area contributed by atoms with Gasteiger partial charge in [0.15, 0.2) is 0 Å². The molecule has 94 valence electrons. The van der Waals surface area contributed by atoms with Crippen LogP contribution in [0.2, 0.25) is 0 Å². The molecule has 0 amide bonds. The Morgan fingerprint density at radius 2 is 1.94 bits per heavy atom. The van der Waals surface area contributed by atoms with Gasteiger partial charge in [-0.05, 0) is 24.1 Å². The molecule has 2 rings (SSSR count). The van der Waals surface area contributed by atoms with E-state index in [0.717, 1.165) is 5.56 Å². The Kier molecular flexibility index (Phi) is 4.39. The molecule has 0 spiro atoms. The van der Waals surface area contributed by atoms with Crippen molar-refractivity contribution in [3.63, 3.8) is 0 Å². The number of halogens is 1. The highest BCUT2D eigenvalue weighted by atomic mass is 32.2. The predicted octanol–water partition coefficient (Wildman–Crippen LogP) is 3.92. The number of rotatable bonds is 4. The van der Waals surface area contributed by atoms with Crippen molar-refractivity contribution in [1.82, 2.24) is 0 Å². The number of aryl methyl sites for hydroxylation is 1. The Labute approximate surface area is 111 Å². The van der Waals surface area contributed by atoms with Gasteiger partial charge in [0.25, 0.3) is 0 Å². The van der Waals surface area contributed by atoms with Crippen molar-refractivity contribution in [2.75, 3.05) is 0 Å². The molecule has 0 unspecified atom stereocenters. The van der Waals surface area contributed by atoms with E-state index in [1.807, 2.05) is 25.1 Å². The summed E-state index contributed by atoms with van der Waals surface area (Å²) in [7, 11) is 0. The normalized spacial score (nSPS) is 10.6. The first kappa shape index (κ1) is 13.1. The summed E-state index contributed by atoms with van der Waals surface area (Å²) >= 11 is 1.43. The van der Waals surface area contributed by atoms with Crippen LogP contribution in [-0.4, -0.2) is 5.11 Å². The summed E-state index contributed by atoms with van der Waals surface area (Å²) in [4.78, 5) is 0.543. The van der Waals surface area contributed by atoms with Gasteiger partial charge < -0.3 is 5.11 Å². The second-order valence-electron chi connectivity index (χ2n) is 4.16. The van der Waals surface area contributed by atoms with Gasteiger partial charge in [-0.15, -0.1) is 11.8 Å². The van der Waals surface area contributed by atoms with Crippen molar-refractivity contribution in [2.24, 2.45) is 0 Å². The Balaban J connectivity index is 2.15. The predicted molar refractivity (Wildman–Crippen MR) is 73.1 cm³/mol. The van der Waals surface area contributed by atoms with Gasteiger partial charge in [-0.1, -0.05) is 42.0 Å². The smallest absolute Gasteiger partial charge is 0.137 e. The highest BCUT2D eigenvalue weighted by Gasteiger charge is 2.08. The maximum atomic E-state index is 13.7. The van der Waals surface area contributed by atoms with Crippen LogP contribution in [0.4, 0.5) is 4.39 Å². The van der Waals surface area contributed by atoms with Crippen LogP contribution in [0.15, 0.2) is 47.4 Å². The van der Waals surface area contributed by atoms with Crippen LogP contribution in [0.5, 0.6) is 0 Å². The molecule has 0 aliphatic rings. The summed E-state index contributed by atoms with van der Waals surface area (Å²) in [6.45, 7) is 1.91. The van der Waals surface area contributed by atoms with Gasteiger partial charge in [0.1, 0.15) is 5.82 Å². The first-order valence-electron chi connectivity index (χ1n) is 5.77. The summed E-state index contributed by atoms with van der Waals surface area (Å²) in [6.07, 6.45) is 0. The molecule has 0 saturated carbocycles. The molecular formula is C15H15FOS. The fraction of sp³-hybridized carbons (Fsp3) is 0.200. The molecule has 0 aliphatic carbocycles. The highest BCUT2D eigenvalue weighted by Crippen LogP contribution is 2.29. The van der Waals surface area contributed by atoms with E-state index < -0.39 is 0 Å². The summed E-state index contributed by atoms with van der Waals surface area (Å²) in [5.41, 5.74) is 3.00. The van der Waals surface area contributed by atoms with E-state index in [2.05, 4.69) is 6.07 Å². The van der Waals surface area contributed by atoms with Gasteiger partial charge in [-0.3, -0.25) is 0 Å². The topological polar surface area (TPSA) is 20.2 Å². The molecule has 0 fully saturated rings. The summed E-state index contributed by atoms with van der Waals surface area (Å²) in [5, 5.41) is 9.20. The van der Waals surface area contributed by atoms with Crippen LogP contribution in [-0.2, 0) is 12.4 Å². The van der Waals surface area contributed by atoms with Gasteiger partial charge in [0.05, 0.1) is 6.61 Å². The minimum absolute atomic E-state index is 0.131. The zero-order valence-corrected chi connectivity index (χ0v) is 11.0. The Hall–Kier alpha value is -1.32. The average molecular weight is 262 g/mol. The SMILES string of the molecule is Cc1cccc(CSc2c(F)cccc2CO)c1. The number of aliphatic hydroxyl groups is 1. The molecule has 3 heteroatoms. The van der Waals surface area contributed by atoms with E-state index in [4.69, 9.17) is 0 Å². The second kappa shape index (κ2) is 6.03. The lowest BCUT2D eigenvalue weighted by Gasteiger charge is -2.08. The van der Waals surface area contributed by atoms with Crippen molar-refractivity contribution >= 4 is 11.8 Å². The molecule has 0 atom stereocenters. The quantitative estimate of drug-likeness (QED) is 0.843. The van der Waals surface area contributed by atoms with Crippen molar-refractivity contribution in [1.29, 1.82) is 0 Å². The fourth-order valence-electron chi connectivity index (χ4n) is 1.80. The molecule has 1 N–H and O–H groups in total. The molecule has 0 radical (unpaired) electrons. The Morgan fingerprint density at radius 1 is 1.17 bits per heavy atom. The number of hydrogen-bond donors (Lipinski definition) is 1. The minimum atomic E-state index is -0.265. The molecule has 2 aromatic rings. The number of aliphatic hydroxyl groups excluding tert-OH is 1. The molecule has 0 bridgehead atoms. The summed E-state index contributed by atoms with van der Waals surface area (Å²) in [6, 6.07) is 13.0. The van der Waals surface area contributed by atoms with E-state index in [-0.39, 0.29) is 12.4 Å². The molecule has 0 aliphatic heterocycles. The summed E-state index contributed by atoms with van der Waals surface area (Å²) in [5.74, 6) is 0.439. The lowest BCUT2D eigenvalue weighted by molar-refractivity contribution is 0.277. The lowest BCUT2D eigenvalue weighted by atomic mass is 10.2. The maximum absolute atomic E-state index is 13.7. The third-order valence-corrected chi connectivity index (χ3v) is 3.91. The molecular weight excluding hydrogens is 247 g/mol. The maximum Gasteiger partial charge on any atom is 0.137 e. The van der Waals surface area contributed by atoms with Crippen LogP contribution >= 0.6 is 11.8 Å². The van der Waals surface area contributed by atoms with E-state index >= 15 is 0 Å². The van der Waals surface area contributed by atoms with E-state index in [1.165, 1.54) is 23.4 Å². The number of thioether (sulfide) groups is 1. The fourth-order valence-corrected chi connectivity index (χ4v) is 2.81. The first-order chi connectivity index (χ1) is 8.70. The van der Waals surface area contributed by atoms with Gasteiger partial charge >= 0.3 is 0 Å². The largest absolute Gasteiger partial charge is 0.392 e. The minimum Gasteiger partial charge on any atom is -0.392 e. The summed E-state index contributed by atoms with van der Waals surface area (Å²) < 4.78 is 13.7. The molecule has 1 nitrogen and oxygen atoms in total. The zero-order valence-electron chi connectivity index (χ0n) is 10.2. The zero-order chi connectivity index (χ0) is 13.0. The Morgan fingerprint density at radius 3 is 2.67 bits per heavy atom. The third-order valence-electron chi connectivity index (χ3n) is 2.68. The van der Waals surface area contributed by atoms with Gasteiger partial charge in [0, 0.05) is 10.6 Å². The van der Waals surface area contributed by atoms with Crippen molar-refractivity contribution in [2.45, 2.75) is 24.2 Å². The molecule has 2 aromatic carbocycles. The molecule has 0 heterocycles. The van der Waals surface area contributed by atoms with E-state index in [9.17, 15) is 9.50 Å².